The van der Waals surface area contributed by atoms with E-state index < -0.39 is 0 Å². The van der Waals surface area contributed by atoms with E-state index in [1.165, 1.54) is 18.4 Å². The molecule has 0 bridgehead atoms. The second-order valence-corrected chi connectivity index (χ2v) is 10.5. The first kappa shape index (κ1) is 24.7. The van der Waals surface area contributed by atoms with Gasteiger partial charge in [-0.3, -0.25) is 4.90 Å². The maximum absolute atomic E-state index is 6.15. The van der Waals surface area contributed by atoms with Crippen molar-refractivity contribution in [3.05, 3.63) is 42.5 Å². The molecule has 2 saturated heterocycles. The smallest absolute Gasteiger partial charge is 0.119 e. The Morgan fingerprint density at radius 3 is 2.73 bits per heavy atom. The lowest BCUT2D eigenvalue weighted by atomic mass is 9.69. The molecule has 1 aromatic rings. The molecule has 0 radical (unpaired) electrons. The largest absolute Gasteiger partial charge is 0.494 e. The van der Waals surface area contributed by atoms with Crippen molar-refractivity contribution in [2.24, 2.45) is 5.92 Å². The van der Waals surface area contributed by atoms with Crippen molar-refractivity contribution in [3.63, 3.8) is 0 Å². The van der Waals surface area contributed by atoms with Crippen LogP contribution in [0.25, 0.3) is 0 Å². The molecular formula is C28H43NO4. The summed E-state index contributed by atoms with van der Waals surface area (Å²) in [6.45, 7) is 14.1. The van der Waals surface area contributed by atoms with Crippen LogP contribution in [0.15, 0.2) is 36.9 Å². The summed E-state index contributed by atoms with van der Waals surface area (Å²) < 4.78 is 11.4. The van der Waals surface area contributed by atoms with Crippen molar-refractivity contribution in [1.82, 2.24) is 4.90 Å². The molecule has 1 aromatic carbocycles. The molecule has 4 rings (SSSR count). The van der Waals surface area contributed by atoms with Crippen LogP contribution in [0.3, 0.4) is 0 Å². The first-order valence-corrected chi connectivity index (χ1v) is 13.1. The molecule has 184 valence electrons. The fraction of sp³-hybridized carbons (Fsp3) is 0.714. The number of hydrogen-bond donors (Lipinski definition) is 0. The molecule has 5 nitrogen and oxygen atoms in total. The van der Waals surface area contributed by atoms with E-state index in [1.807, 2.05) is 6.08 Å². The average molecular weight is 458 g/mol. The van der Waals surface area contributed by atoms with Crippen LogP contribution in [0.2, 0.25) is 0 Å². The van der Waals surface area contributed by atoms with Gasteiger partial charge >= 0.3 is 0 Å². The predicted molar refractivity (Wildman–Crippen MR) is 132 cm³/mol. The molecule has 1 aliphatic carbocycles. The zero-order valence-electron chi connectivity index (χ0n) is 20.7. The van der Waals surface area contributed by atoms with Gasteiger partial charge in [-0.25, -0.2) is 9.78 Å². The van der Waals surface area contributed by atoms with Gasteiger partial charge in [-0.15, -0.1) is 6.58 Å². The SMILES string of the molecule is C=CCC(CC)[C@]1(C)C[C@]2(CCC[C@@H](c3ccc(OCCCN4CCOCC4)cc3)C2)OO1. The van der Waals surface area contributed by atoms with Gasteiger partial charge in [-0.05, 0) is 75.0 Å². The topological polar surface area (TPSA) is 40.2 Å². The third kappa shape index (κ3) is 6.19. The molecule has 1 spiro atoms. The summed E-state index contributed by atoms with van der Waals surface area (Å²) in [5, 5.41) is 0. The number of ether oxygens (including phenoxy) is 2. The third-order valence-electron chi connectivity index (χ3n) is 8.04. The van der Waals surface area contributed by atoms with Crippen molar-refractivity contribution in [1.29, 1.82) is 0 Å². The molecule has 2 heterocycles. The Labute approximate surface area is 200 Å². The van der Waals surface area contributed by atoms with E-state index >= 15 is 0 Å². The number of benzene rings is 1. The summed E-state index contributed by atoms with van der Waals surface area (Å²) in [4.78, 5) is 14.7. The lowest BCUT2D eigenvalue weighted by Crippen LogP contribution is -2.39. The number of morpholine rings is 1. The van der Waals surface area contributed by atoms with Crippen LogP contribution in [0.5, 0.6) is 5.75 Å². The van der Waals surface area contributed by atoms with Gasteiger partial charge in [0.25, 0.3) is 0 Å². The molecule has 33 heavy (non-hydrogen) atoms. The number of allylic oxidation sites excluding steroid dienone is 1. The van der Waals surface area contributed by atoms with E-state index in [9.17, 15) is 0 Å². The van der Waals surface area contributed by atoms with Crippen molar-refractivity contribution >= 4 is 0 Å². The summed E-state index contributed by atoms with van der Waals surface area (Å²) in [6, 6.07) is 8.78. The van der Waals surface area contributed by atoms with E-state index in [0.717, 1.165) is 83.7 Å². The lowest BCUT2D eigenvalue weighted by molar-refractivity contribution is -0.359. The fourth-order valence-electron chi connectivity index (χ4n) is 6.13. The molecule has 4 atom stereocenters. The number of hydrogen-bond acceptors (Lipinski definition) is 5. The molecule has 0 aromatic heterocycles. The molecular weight excluding hydrogens is 414 g/mol. The molecule has 1 saturated carbocycles. The van der Waals surface area contributed by atoms with E-state index in [0.29, 0.717) is 11.8 Å². The molecule has 0 amide bonds. The maximum atomic E-state index is 6.15. The quantitative estimate of drug-likeness (QED) is 0.249. The van der Waals surface area contributed by atoms with E-state index in [4.69, 9.17) is 19.2 Å². The van der Waals surface area contributed by atoms with Crippen molar-refractivity contribution < 1.29 is 19.2 Å². The van der Waals surface area contributed by atoms with Gasteiger partial charge in [0.05, 0.1) is 19.8 Å². The molecule has 1 unspecified atom stereocenters. The van der Waals surface area contributed by atoms with Crippen LogP contribution in [0, 0.1) is 5.92 Å². The van der Waals surface area contributed by atoms with E-state index in [1.54, 1.807) is 0 Å². The van der Waals surface area contributed by atoms with Crippen LogP contribution >= 0.6 is 0 Å². The second-order valence-electron chi connectivity index (χ2n) is 10.5. The Bertz CT molecular complexity index is 747. The van der Waals surface area contributed by atoms with Crippen LogP contribution in [-0.4, -0.2) is 55.6 Å². The van der Waals surface area contributed by atoms with Crippen LogP contribution in [0.1, 0.15) is 76.7 Å². The number of nitrogens with zero attached hydrogens (tertiary/aromatic N) is 1. The highest BCUT2D eigenvalue weighted by Crippen LogP contribution is 2.52. The van der Waals surface area contributed by atoms with Gasteiger partial charge in [0.2, 0.25) is 0 Å². The molecule has 0 N–H and O–H groups in total. The van der Waals surface area contributed by atoms with E-state index in [2.05, 4.69) is 49.6 Å². The highest BCUT2D eigenvalue weighted by Gasteiger charge is 2.53. The first-order chi connectivity index (χ1) is 16.1. The van der Waals surface area contributed by atoms with Gasteiger partial charge < -0.3 is 9.47 Å². The highest BCUT2D eigenvalue weighted by atomic mass is 17.2. The number of rotatable bonds is 10. The fourth-order valence-corrected chi connectivity index (χ4v) is 6.13. The molecule has 5 heteroatoms. The minimum Gasteiger partial charge on any atom is -0.494 e. The molecule has 3 aliphatic rings. The average Bonchev–Trinajstić information content (AvgIpc) is 3.17. The summed E-state index contributed by atoms with van der Waals surface area (Å²) in [5.74, 6) is 1.93. The first-order valence-electron chi connectivity index (χ1n) is 13.1. The van der Waals surface area contributed by atoms with Gasteiger partial charge in [0.1, 0.15) is 17.0 Å². The standard InChI is InChI=1S/C28H43NO4/c1-4-8-25(5-2)27(3)22-28(33-32-27)14-6-9-24(21-28)23-10-12-26(13-11-23)31-18-7-15-29-16-19-30-20-17-29/h4,10-13,24-25H,1,5-9,14-22H2,2-3H3/t24-,25?,27+,28-/m1/s1. The maximum Gasteiger partial charge on any atom is 0.119 e. The van der Waals surface area contributed by atoms with E-state index in [-0.39, 0.29) is 11.2 Å². The Hall–Kier alpha value is -1.40. The van der Waals surface area contributed by atoms with Crippen LogP contribution < -0.4 is 4.74 Å². The van der Waals surface area contributed by atoms with Gasteiger partial charge in [0, 0.05) is 26.1 Å². The third-order valence-corrected chi connectivity index (χ3v) is 8.04. The van der Waals surface area contributed by atoms with Gasteiger partial charge in [-0.1, -0.05) is 31.6 Å². The highest BCUT2D eigenvalue weighted by molar-refractivity contribution is 5.30. The minimum atomic E-state index is -0.219. The van der Waals surface area contributed by atoms with Crippen molar-refractivity contribution in [3.8, 4) is 5.75 Å². The predicted octanol–water partition coefficient (Wildman–Crippen LogP) is 5.90. The summed E-state index contributed by atoms with van der Waals surface area (Å²) in [5.41, 5.74) is 1.02. The molecule has 2 aliphatic heterocycles. The summed E-state index contributed by atoms with van der Waals surface area (Å²) in [6.07, 6.45) is 10.6. The molecule has 3 fully saturated rings. The van der Waals surface area contributed by atoms with Gasteiger partial charge in [-0.2, -0.15) is 0 Å². The Morgan fingerprint density at radius 2 is 2.00 bits per heavy atom. The van der Waals surface area contributed by atoms with Gasteiger partial charge in [0.15, 0.2) is 0 Å². The van der Waals surface area contributed by atoms with Crippen molar-refractivity contribution in [2.45, 2.75) is 82.3 Å². The lowest BCUT2D eigenvalue weighted by Gasteiger charge is -2.37. The van der Waals surface area contributed by atoms with Crippen molar-refractivity contribution in [2.75, 3.05) is 39.5 Å². The van der Waals surface area contributed by atoms with Crippen LogP contribution in [0.4, 0.5) is 0 Å². The zero-order valence-corrected chi connectivity index (χ0v) is 20.7. The summed E-state index contributed by atoms with van der Waals surface area (Å²) in [7, 11) is 0. The second kappa shape index (κ2) is 11.4. The van der Waals surface area contributed by atoms with Crippen LogP contribution in [-0.2, 0) is 14.5 Å². The summed E-state index contributed by atoms with van der Waals surface area (Å²) >= 11 is 0. The zero-order chi connectivity index (χ0) is 23.2. The minimum absolute atomic E-state index is 0.152. The Kier molecular flexibility index (Phi) is 8.50. The normalized spacial score (nSPS) is 31.5. The monoisotopic (exact) mass is 457 g/mol. The Balaban J connectivity index is 1.28. The Morgan fingerprint density at radius 1 is 1.21 bits per heavy atom.